The molecule has 2 aliphatic rings. The van der Waals surface area contributed by atoms with Crippen LogP contribution in [-0.4, -0.2) is 30.6 Å². The van der Waals surface area contributed by atoms with Crippen molar-refractivity contribution >= 4 is 0 Å². The van der Waals surface area contributed by atoms with Gasteiger partial charge < -0.3 is 10.5 Å². The van der Waals surface area contributed by atoms with Crippen molar-refractivity contribution in [2.24, 2.45) is 11.7 Å². The van der Waals surface area contributed by atoms with Gasteiger partial charge in [0.1, 0.15) is 12.4 Å². The zero-order valence-corrected chi connectivity index (χ0v) is 13.0. The van der Waals surface area contributed by atoms with Gasteiger partial charge in [-0.1, -0.05) is 43.9 Å². The molecule has 0 amide bonds. The van der Waals surface area contributed by atoms with Crippen LogP contribution < -0.4 is 10.5 Å². The van der Waals surface area contributed by atoms with Crippen LogP contribution in [0.1, 0.15) is 44.1 Å². The number of nitrogens with two attached hydrogens (primary N) is 1. The molecule has 0 bridgehead atoms. The Labute approximate surface area is 128 Å². The fraction of sp³-hybridized carbons (Fsp3) is 0.667. The molecule has 1 aromatic rings. The summed E-state index contributed by atoms with van der Waals surface area (Å²) in [4.78, 5) is 2.57. The van der Waals surface area contributed by atoms with Gasteiger partial charge in [-0.3, -0.25) is 4.90 Å². The van der Waals surface area contributed by atoms with Crippen LogP contribution in [0.5, 0.6) is 5.75 Å². The Kier molecular flexibility index (Phi) is 5.15. The summed E-state index contributed by atoms with van der Waals surface area (Å²) in [5, 5.41) is 0. The van der Waals surface area contributed by atoms with Crippen molar-refractivity contribution in [2.75, 3.05) is 19.7 Å². The molecule has 1 aliphatic heterocycles. The molecule has 3 rings (SSSR count). The van der Waals surface area contributed by atoms with Gasteiger partial charge in [-0.15, -0.1) is 0 Å². The van der Waals surface area contributed by atoms with E-state index >= 15 is 0 Å². The summed E-state index contributed by atoms with van der Waals surface area (Å²) < 4.78 is 5.90. The normalized spacial score (nSPS) is 22.7. The first-order valence-electron chi connectivity index (χ1n) is 8.53. The van der Waals surface area contributed by atoms with Crippen molar-refractivity contribution in [3.63, 3.8) is 0 Å². The summed E-state index contributed by atoms with van der Waals surface area (Å²) in [6.07, 6.45) is 8.26. The third-order valence-corrected chi connectivity index (χ3v) is 5.14. The van der Waals surface area contributed by atoms with E-state index in [1.54, 1.807) is 0 Å². The van der Waals surface area contributed by atoms with Gasteiger partial charge in [0.25, 0.3) is 0 Å². The highest BCUT2D eigenvalue weighted by Crippen LogP contribution is 2.30. The molecule has 2 N–H and O–H groups in total. The van der Waals surface area contributed by atoms with Crippen LogP contribution in [0.3, 0.4) is 0 Å². The van der Waals surface area contributed by atoms with Crippen LogP contribution in [0, 0.1) is 5.92 Å². The highest BCUT2D eigenvalue weighted by Gasteiger charge is 2.28. The minimum absolute atomic E-state index is 0.512. The standard InChI is InChI=1S/C18H28N2O/c19-13-17(15-7-3-1-2-4-8-15)20-11-12-21-18-10-6-5-9-16(18)14-20/h5-6,9-10,15,17H,1-4,7-8,11-14,19H2. The van der Waals surface area contributed by atoms with Crippen LogP contribution in [-0.2, 0) is 6.54 Å². The zero-order valence-electron chi connectivity index (χ0n) is 13.0. The molecule has 1 saturated carbocycles. The van der Waals surface area contributed by atoms with E-state index in [1.165, 1.54) is 44.1 Å². The summed E-state index contributed by atoms with van der Waals surface area (Å²) in [6.45, 7) is 3.52. The van der Waals surface area contributed by atoms with E-state index in [0.29, 0.717) is 6.04 Å². The van der Waals surface area contributed by atoms with E-state index in [0.717, 1.165) is 37.9 Å². The average molecular weight is 288 g/mol. The number of rotatable bonds is 3. The van der Waals surface area contributed by atoms with Crippen molar-refractivity contribution in [3.05, 3.63) is 29.8 Å². The first-order chi connectivity index (χ1) is 10.4. The van der Waals surface area contributed by atoms with Gasteiger partial charge in [-0.05, 0) is 24.8 Å². The lowest BCUT2D eigenvalue weighted by molar-refractivity contribution is 0.119. The molecule has 3 nitrogen and oxygen atoms in total. The second kappa shape index (κ2) is 7.28. The largest absolute Gasteiger partial charge is 0.492 e. The van der Waals surface area contributed by atoms with E-state index in [-0.39, 0.29) is 0 Å². The highest BCUT2D eigenvalue weighted by atomic mass is 16.5. The van der Waals surface area contributed by atoms with Crippen molar-refractivity contribution in [1.29, 1.82) is 0 Å². The van der Waals surface area contributed by atoms with E-state index < -0.39 is 0 Å². The van der Waals surface area contributed by atoms with E-state index in [4.69, 9.17) is 10.5 Å². The molecule has 0 spiro atoms. The number of fused-ring (bicyclic) bond motifs is 1. The highest BCUT2D eigenvalue weighted by molar-refractivity contribution is 5.33. The number of hydrogen-bond acceptors (Lipinski definition) is 3. The summed E-state index contributed by atoms with van der Waals surface area (Å²) in [5.41, 5.74) is 7.48. The van der Waals surface area contributed by atoms with Crippen molar-refractivity contribution < 1.29 is 4.74 Å². The summed E-state index contributed by atoms with van der Waals surface area (Å²) in [7, 11) is 0. The second-order valence-corrected chi connectivity index (χ2v) is 6.48. The van der Waals surface area contributed by atoms with Crippen molar-refractivity contribution in [1.82, 2.24) is 4.90 Å². The molecule has 1 atom stereocenters. The Morgan fingerprint density at radius 3 is 2.67 bits per heavy atom. The van der Waals surface area contributed by atoms with Crippen LogP contribution >= 0.6 is 0 Å². The zero-order chi connectivity index (χ0) is 14.5. The molecule has 0 radical (unpaired) electrons. The Bertz CT molecular complexity index is 441. The first kappa shape index (κ1) is 14.9. The summed E-state index contributed by atoms with van der Waals surface area (Å²) in [6, 6.07) is 8.95. The fourth-order valence-corrected chi connectivity index (χ4v) is 3.96. The lowest BCUT2D eigenvalue weighted by atomic mass is 9.90. The Balaban J connectivity index is 1.74. The molecule has 1 aromatic carbocycles. The summed E-state index contributed by atoms with van der Waals surface area (Å²) in [5.74, 6) is 1.82. The monoisotopic (exact) mass is 288 g/mol. The van der Waals surface area contributed by atoms with Crippen molar-refractivity contribution in [3.8, 4) is 5.75 Å². The topological polar surface area (TPSA) is 38.5 Å². The Hall–Kier alpha value is -1.06. The molecule has 1 aliphatic carbocycles. The van der Waals surface area contributed by atoms with E-state index in [1.807, 2.05) is 0 Å². The van der Waals surface area contributed by atoms with Crippen LogP contribution in [0.2, 0.25) is 0 Å². The number of nitrogens with zero attached hydrogens (tertiary/aromatic N) is 1. The number of ether oxygens (including phenoxy) is 1. The molecular weight excluding hydrogens is 260 g/mol. The van der Waals surface area contributed by atoms with Gasteiger partial charge in [-0.2, -0.15) is 0 Å². The maximum atomic E-state index is 6.17. The third kappa shape index (κ3) is 3.58. The minimum atomic E-state index is 0.512. The number of benzene rings is 1. The van der Waals surface area contributed by atoms with Gasteiger partial charge in [0.15, 0.2) is 0 Å². The third-order valence-electron chi connectivity index (χ3n) is 5.14. The number of para-hydroxylation sites is 1. The molecule has 0 saturated heterocycles. The van der Waals surface area contributed by atoms with Gasteiger partial charge in [0.05, 0.1) is 0 Å². The Morgan fingerprint density at radius 2 is 1.90 bits per heavy atom. The van der Waals surface area contributed by atoms with Gasteiger partial charge in [-0.25, -0.2) is 0 Å². The smallest absolute Gasteiger partial charge is 0.123 e. The average Bonchev–Trinajstić information content (AvgIpc) is 2.89. The molecule has 21 heavy (non-hydrogen) atoms. The second-order valence-electron chi connectivity index (χ2n) is 6.48. The quantitative estimate of drug-likeness (QED) is 0.868. The predicted octanol–water partition coefficient (Wildman–Crippen LogP) is 3.18. The Morgan fingerprint density at radius 1 is 1.14 bits per heavy atom. The van der Waals surface area contributed by atoms with Crippen LogP contribution in [0.25, 0.3) is 0 Å². The fourth-order valence-electron chi connectivity index (χ4n) is 3.96. The minimum Gasteiger partial charge on any atom is -0.492 e. The maximum absolute atomic E-state index is 6.17. The molecule has 1 heterocycles. The van der Waals surface area contributed by atoms with Crippen molar-refractivity contribution in [2.45, 2.75) is 51.1 Å². The maximum Gasteiger partial charge on any atom is 0.123 e. The van der Waals surface area contributed by atoms with Gasteiger partial charge in [0.2, 0.25) is 0 Å². The molecular formula is C18H28N2O. The molecule has 0 aromatic heterocycles. The molecule has 3 heteroatoms. The van der Waals surface area contributed by atoms with Gasteiger partial charge >= 0.3 is 0 Å². The lowest BCUT2D eigenvalue weighted by Gasteiger charge is -2.35. The lowest BCUT2D eigenvalue weighted by Crippen LogP contribution is -2.46. The van der Waals surface area contributed by atoms with E-state index in [2.05, 4.69) is 29.2 Å². The molecule has 1 fully saturated rings. The van der Waals surface area contributed by atoms with Gasteiger partial charge in [0, 0.05) is 31.2 Å². The van der Waals surface area contributed by atoms with Crippen LogP contribution in [0.15, 0.2) is 24.3 Å². The number of hydrogen-bond donors (Lipinski definition) is 1. The van der Waals surface area contributed by atoms with Crippen LogP contribution in [0.4, 0.5) is 0 Å². The van der Waals surface area contributed by atoms with E-state index in [9.17, 15) is 0 Å². The first-order valence-corrected chi connectivity index (χ1v) is 8.53. The molecule has 116 valence electrons. The SMILES string of the molecule is NCC(C1CCCCCC1)N1CCOc2ccccc2C1. The predicted molar refractivity (Wildman–Crippen MR) is 86.4 cm³/mol. The molecule has 1 unspecified atom stereocenters. The summed E-state index contributed by atoms with van der Waals surface area (Å²) >= 11 is 0.